The monoisotopic (exact) mass is 325 g/mol. The fraction of sp³-hybridized carbons (Fsp3) is 0.250. The first-order chi connectivity index (χ1) is 11.7. The molecule has 1 aromatic carbocycles. The molecule has 0 spiro atoms. The molecule has 126 valence electrons. The van der Waals surface area contributed by atoms with Crippen LogP contribution < -0.4 is 4.74 Å². The highest BCUT2D eigenvalue weighted by Gasteiger charge is 2.22. The molecule has 2 rings (SSSR count). The summed E-state index contributed by atoms with van der Waals surface area (Å²) in [6.45, 7) is 9.80. The quantitative estimate of drug-likeness (QED) is 0.574. The fourth-order valence-corrected chi connectivity index (χ4v) is 2.88. The van der Waals surface area contributed by atoms with Crippen LogP contribution in [0.2, 0.25) is 0 Å². The summed E-state index contributed by atoms with van der Waals surface area (Å²) in [7, 11) is 1.64. The number of hydrogen-bond donors (Lipinski definition) is 1. The van der Waals surface area contributed by atoms with Gasteiger partial charge in [-0.3, -0.25) is 4.79 Å². The van der Waals surface area contributed by atoms with Gasteiger partial charge in [-0.1, -0.05) is 37.5 Å². The fourth-order valence-electron chi connectivity index (χ4n) is 2.88. The Bertz CT molecular complexity index is 770. The van der Waals surface area contributed by atoms with E-state index in [-0.39, 0.29) is 18.3 Å². The minimum Gasteiger partial charge on any atom is -0.495 e. The van der Waals surface area contributed by atoms with Crippen LogP contribution in [0.3, 0.4) is 0 Å². The number of carbonyl (C=O) groups excluding carboxylic acids is 1. The summed E-state index contributed by atoms with van der Waals surface area (Å²) in [6, 6.07) is 5.88. The van der Waals surface area contributed by atoms with Gasteiger partial charge in [0.2, 0.25) is 0 Å². The number of aromatic nitrogens is 1. The van der Waals surface area contributed by atoms with Crippen molar-refractivity contribution in [1.29, 1.82) is 0 Å². The lowest BCUT2D eigenvalue weighted by Gasteiger charge is -2.20. The third-order valence-electron chi connectivity index (χ3n) is 3.94. The van der Waals surface area contributed by atoms with Gasteiger partial charge in [-0.05, 0) is 30.2 Å². The van der Waals surface area contributed by atoms with Crippen LogP contribution in [0.4, 0.5) is 0 Å². The summed E-state index contributed by atoms with van der Waals surface area (Å²) < 4.78 is 10.5. The topological polar surface area (TPSA) is 51.3 Å². The zero-order valence-corrected chi connectivity index (χ0v) is 14.2. The molecular weight excluding hydrogens is 302 g/mol. The van der Waals surface area contributed by atoms with Gasteiger partial charge in [-0.2, -0.15) is 0 Å². The maximum atomic E-state index is 12.1. The molecule has 2 aromatic rings. The Morgan fingerprint density at radius 2 is 2.12 bits per heavy atom. The molecule has 1 atom stereocenters. The minimum absolute atomic E-state index is 0.163. The second-order valence-corrected chi connectivity index (χ2v) is 5.29. The molecule has 1 heterocycles. The molecule has 0 bridgehead atoms. The van der Waals surface area contributed by atoms with Crippen LogP contribution in [0.15, 0.2) is 61.4 Å². The molecule has 0 amide bonds. The third-order valence-corrected chi connectivity index (χ3v) is 3.94. The van der Waals surface area contributed by atoms with Crippen molar-refractivity contribution in [1.82, 2.24) is 4.98 Å². The number of H-pyrrole nitrogens is 1. The van der Waals surface area contributed by atoms with E-state index in [1.165, 1.54) is 0 Å². The van der Waals surface area contributed by atoms with Gasteiger partial charge in [0.15, 0.2) is 0 Å². The number of rotatable bonds is 8. The lowest BCUT2D eigenvalue weighted by Crippen LogP contribution is -2.12. The van der Waals surface area contributed by atoms with Gasteiger partial charge in [0.05, 0.1) is 25.7 Å². The van der Waals surface area contributed by atoms with Crippen LogP contribution in [0.25, 0.3) is 10.9 Å². The highest BCUT2D eigenvalue weighted by atomic mass is 16.5. The Balaban J connectivity index is 2.56. The van der Waals surface area contributed by atoms with Gasteiger partial charge in [0.25, 0.3) is 0 Å². The maximum absolute atomic E-state index is 12.1. The molecule has 0 aliphatic carbocycles. The van der Waals surface area contributed by atoms with Crippen molar-refractivity contribution < 1.29 is 14.3 Å². The van der Waals surface area contributed by atoms with E-state index in [1.54, 1.807) is 26.2 Å². The average Bonchev–Trinajstić information content (AvgIpc) is 3.07. The standard InChI is InChI=1S/C20H23NO3/c1-5-8-14(6-2)17(13-19(22)24-7-3)15-9-10-18(23-4)20-16(15)11-12-21-20/h5-6,8-12,17,21H,1-2,7,13H2,3-4H3/b14-8+. The van der Waals surface area contributed by atoms with Gasteiger partial charge in [0, 0.05) is 17.5 Å². The molecule has 1 unspecified atom stereocenters. The Hall–Kier alpha value is -2.75. The van der Waals surface area contributed by atoms with E-state index < -0.39 is 0 Å². The number of methoxy groups -OCH3 is 1. The van der Waals surface area contributed by atoms with E-state index in [0.717, 1.165) is 27.8 Å². The Morgan fingerprint density at radius 1 is 1.33 bits per heavy atom. The number of carbonyl (C=O) groups is 1. The summed E-state index contributed by atoms with van der Waals surface area (Å²) in [6.07, 6.45) is 7.44. The number of hydrogen-bond acceptors (Lipinski definition) is 3. The molecule has 4 nitrogen and oxygen atoms in total. The van der Waals surface area contributed by atoms with Crippen LogP contribution in [0, 0.1) is 0 Å². The van der Waals surface area contributed by atoms with Crippen LogP contribution in [-0.2, 0) is 9.53 Å². The van der Waals surface area contributed by atoms with E-state index in [1.807, 2.05) is 30.5 Å². The summed E-state index contributed by atoms with van der Waals surface area (Å²) in [5.74, 6) is 0.365. The molecule has 0 saturated carbocycles. The zero-order chi connectivity index (χ0) is 17.5. The van der Waals surface area contributed by atoms with Crippen molar-refractivity contribution >= 4 is 16.9 Å². The normalized spacial score (nSPS) is 12.7. The molecule has 24 heavy (non-hydrogen) atoms. The first kappa shape index (κ1) is 17.6. The van der Waals surface area contributed by atoms with E-state index in [4.69, 9.17) is 9.47 Å². The van der Waals surface area contributed by atoms with E-state index in [2.05, 4.69) is 18.1 Å². The highest BCUT2D eigenvalue weighted by molar-refractivity contribution is 5.89. The largest absolute Gasteiger partial charge is 0.495 e. The molecule has 0 aliphatic heterocycles. The molecule has 0 fully saturated rings. The van der Waals surface area contributed by atoms with E-state index in [9.17, 15) is 4.79 Å². The van der Waals surface area contributed by atoms with Crippen molar-refractivity contribution in [2.24, 2.45) is 0 Å². The molecule has 0 aliphatic rings. The number of allylic oxidation sites excluding steroid dienone is 4. The van der Waals surface area contributed by atoms with E-state index in [0.29, 0.717) is 6.61 Å². The first-order valence-electron chi connectivity index (χ1n) is 7.90. The number of benzene rings is 1. The SMILES string of the molecule is C=C/C=C(\C=C)C(CC(=O)OCC)c1ccc(OC)c2[nH]ccc12. The lowest BCUT2D eigenvalue weighted by molar-refractivity contribution is -0.143. The number of esters is 1. The van der Waals surface area contributed by atoms with Gasteiger partial charge in [-0.15, -0.1) is 0 Å². The molecule has 0 saturated heterocycles. The molecular formula is C20H23NO3. The van der Waals surface area contributed by atoms with Crippen molar-refractivity contribution in [3.05, 3.63) is 66.9 Å². The number of aromatic amines is 1. The number of fused-ring (bicyclic) bond motifs is 1. The molecule has 0 radical (unpaired) electrons. The lowest BCUT2D eigenvalue weighted by atomic mass is 9.86. The number of ether oxygens (including phenoxy) is 2. The maximum Gasteiger partial charge on any atom is 0.306 e. The summed E-state index contributed by atoms with van der Waals surface area (Å²) in [5, 5.41) is 1.01. The number of nitrogens with one attached hydrogen (secondary N) is 1. The molecule has 1 aromatic heterocycles. The van der Waals surface area contributed by atoms with E-state index >= 15 is 0 Å². The van der Waals surface area contributed by atoms with Crippen molar-refractivity contribution in [2.75, 3.05) is 13.7 Å². The van der Waals surface area contributed by atoms with Crippen molar-refractivity contribution in [2.45, 2.75) is 19.3 Å². The van der Waals surface area contributed by atoms with Crippen LogP contribution in [0.1, 0.15) is 24.8 Å². The van der Waals surface area contributed by atoms with Crippen LogP contribution in [-0.4, -0.2) is 24.7 Å². The molecule has 4 heteroatoms. The van der Waals surface area contributed by atoms with Crippen LogP contribution >= 0.6 is 0 Å². The summed E-state index contributed by atoms with van der Waals surface area (Å²) in [5.41, 5.74) is 2.85. The summed E-state index contributed by atoms with van der Waals surface area (Å²) >= 11 is 0. The Kier molecular flexibility index (Phi) is 6.01. The summed E-state index contributed by atoms with van der Waals surface area (Å²) in [4.78, 5) is 15.3. The Morgan fingerprint density at radius 3 is 2.75 bits per heavy atom. The highest BCUT2D eigenvalue weighted by Crippen LogP contribution is 2.37. The average molecular weight is 325 g/mol. The second kappa shape index (κ2) is 8.20. The van der Waals surface area contributed by atoms with Gasteiger partial charge in [0.1, 0.15) is 5.75 Å². The molecule has 1 N–H and O–H groups in total. The van der Waals surface area contributed by atoms with Gasteiger partial charge < -0.3 is 14.5 Å². The predicted molar refractivity (Wildman–Crippen MR) is 97.3 cm³/mol. The zero-order valence-electron chi connectivity index (χ0n) is 14.2. The van der Waals surface area contributed by atoms with Crippen molar-refractivity contribution in [3.8, 4) is 5.75 Å². The van der Waals surface area contributed by atoms with Crippen LogP contribution in [0.5, 0.6) is 5.75 Å². The van der Waals surface area contributed by atoms with Crippen molar-refractivity contribution in [3.63, 3.8) is 0 Å². The van der Waals surface area contributed by atoms with Gasteiger partial charge >= 0.3 is 5.97 Å². The third kappa shape index (κ3) is 3.59. The first-order valence-corrected chi connectivity index (χ1v) is 7.90. The minimum atomic E-state index is -0.237. The predicted octanol–water partition coefficient (Wildman–Crippen LogP) is 4.51. The van der Waals surface area contributed by atoms with Gasteiger partial charge in [-0.25, -0.2) is 0 Å². The smallest absolute Gasteiger partial charge is 0.306 e. The Labute approximate surface area is 142 Å². The second-order valence-electron chi connectivity index (χ2n) is 5.29.